The topological polar surface area (TPSA) is 226 Å². The quantitative estimate of drug-likeness (QED) is 0.0743. The molecule has 13 nitrogen and oxygen atoms in total. The summed E-state index contributed by atoms with van der Waals surface area (Å²) in [6, 6.07) is 1.99. The molecule has 0 saturated carbocycles. The fourth-order valence-corrected chi connectivity index (χ4v) is 5.12. The largest absolute Gasteiger partial charge is 0.508 e. The third-order valence-electron chi connectivity index (χ3n) is 5.55. The molecule has 0 unspecified atom stereocenters. The van der Waals surface area contributed by atoms with Crippen molar-refractivity contribution in [1.29, 1.82) is 0 Å². The summed E-state index contributed by atoms with van der Waals surface area (Å²) in [4.78, 5) is 61.8. The van der Waals surface area contributed by atoms with Crippen LogP contribution in [0.15, 0.2) is 24.3 Å². The number of aliphatic carboxylic acids is 1. The first kappa shape index (κ1) is 35.0. The van der Waals surface area contributed by atoms with Gasteiger partial charge < -0.3 is 42.9 Å². The van der Waals surface area contributed by atoms with E-state index in [-0.39, 0.29) is 18.6 Å². The van der Waals surface area contributed by atoms with Gasteiger partial charge in [-0.05, 0) is 50.4 Å². The molecule has 0 aliphatic carbocycles. The predicted molar refractivity (Wildman–Crippen MR) is 155 cm³/mol. The van der Waals surface area contributed by atoms with E-state index >= 15 is 0 Å². The second kappa shape index (κ2) is 19.1. The van der Waals surface area contributed by atoms with E-state index in [1.54, 1.807) is 22.9 Å². The van der Waals surface area contributed by atoms with Crippen LogP contribution in [0, 0.1) is 0 Å². The lowest BCUT2D eigenvalue weighted by atomic mass is 10.0. The summed E-state index contributed by atoms with van der Waals surface area (Å²) in [5, 5.41) is 28.7. The number of amides is 4. The van der Waals surface area contributed by atoms with Crippen molar-refractivity contribution in [3.63, 3.8) is 0 Å². The highest BCUT2D eigenvalue weighted by Crippen LogP contribution is 2.20. The predicted octanol–water partition coefficient (Wildman–Crippen LogP) is -0.533. The Bertz CT molecular complexity index is 983. The Balaban J connectivity index is 2.73. The van der Waals surface area contributed by atoms with Crippen molar-refractivity contribution >= 4 is 51.2 Å². The Morgan fingerprint density at radius 3 is 2.17 bits per heavy atom. The van der Waals surface area contributed by atoms with Crippen molar-refractivity contribution in [2.75, 3.05) is 24.6 Å². The molecule has 224 valence electrons. The molecule has 0 radical (unpaired) electrons. The maximum atomic E-state index is 12.9. The van der Waals surface area contributed by atoms with Crippen molar-refractivity contribution in [2.45, 2.75) is 63.7 Å². The van der Waals surface area contributed by atoms with Gasteiger partial charge in [0, 0.05) is 17.9 Å². The summed E-state index contributed by atoms with van der Waals surface area (Å²) in [6.45, 7) is 3.27. The standard InChI is InChI=1S/C25H40N6O7S2/c1-3-39-40-14-18(27)23(35)31-20(12-16-7-9-17(32)10-8-16)24(36)28-13-21(33)29-15(2)22(34)30-19(25(37)38)6-4-5-11-26/h7-10,15,18-20,32H,3-6,11-14,26-27H2,1-2H3,(H,28,36)(H,29,33)(H,30,34)(H,31,35)(H,37,38)/t15-,18-,19-,20-/m0/s1. The van der Waals surface area contributed by atoms with Gasteiger partial charge in [-0.25, -0.2) is 4.79 Å². The Morgan fingerprint density at radius 2 is 1.57 bits per heavy atom. The van der Waals surface area contributed by atoms with Crippen LogP contribution < -0.4 is 32.7 Å². The lowest BCUT2D eigenvalue weighted by molar-refractivity contribution is -0.142. The molecule has 0 aliphatic heterocycles. The van der Waals surface area contributed by atoms with Crippen LogP contribution in [0.2, 0.25) is 0 Å². The van der Waals surface area contributed by atoms with Crippen LogP contribution in [0.5, 0.6) is 5.75 Å². The number of carbonyl (C=O) groups excluding carboxylic acids is 4. The first-order chi connectivity index (χ1) is 19.0. The van der Waals surface area contributed by atoms with Gasteiger partial charge >= 0.3 is 5.97 Å². The maximum absolute atomic E-state index is 12.9. The molecule has 1 rings (SSSR count). The number of phenolic OH excluding ortho intramolecular Hbond substituents is 1. The third-order valence-corrected chi connectivity index (χ3v) is 8.06. The number of unbranched alkanes of at least 4 members (excludes halogenated alkanes) is 1. The van der Waals surface area contributed by atoms with Crippen LogP contribution in [-0.2, 0) is 30.4 Å². The number of carboxylic acids is 1. The van der Waals surface area contributed by atoms with E-state index in [4.69, 9.17) is 11.5 Å². The number of rotatable bonds is 19. The lowest BCUT2D eigenvalue weighted by Crippen LogP contribution is -2.55. The van der Waals surface area contributed by atoms with Crippen molar-refractivity contribution in [3.05, 3.63) is 29.8 Å². The molecule has 10 N–H and O–H groups in total. The van der Waals surface area contributed by atoms with Gasteiger partial charge in [-0.15, -0.1) is 0 Å². The highest BCUT2D eigenvalue weighted by atomic mass is 33.1. The van der Waals surface area contributed by atoms with Crippen molar-refractivity contribution < 1.29 is 34.2 Å². The van der Waals surface area contributed by atoms with Gasteiger partial charge in [0.25, 0.3) is 0 Å². The van der Waals surface area contributed by atoms with Gasteiger partial charge in [0.05, 0.1) is 12.6 Å². The normalized spacial score (nSPS) is 13.8. The monoisotopic (exact) mass is 600 g/mol. The number of hydrogen-bond donors (Lipinski definition) is 8. The Kier molecular flexibility index (Phi) is 16.7. The molecule has 4 atom stereocenters. The highest BCUT2D eigenvalue weighted by Gasteiger charge is 2.26. The van der Waals surface area contributed by atoms with Crippen molar-refractivity contribution in [2.24, 2.45) is 11.5 Å². The van der Waals surface area contributed by atoms with Crippen LogP contribution in [0.3, 0.4) is 0 Å². The van der Waals surface area contributed by atoms with E-state index in [1.807, 2.05) is 6.92 Å². The molecule has 40 heavy (non-hydrogen) atoms. The number of nitrogens with one attached hydrogen (secondary N) is 4. The molecule has 0 spiro atoms. The summed E-state index contributed by atoms with van der Waals surface area (Å²) in [6.07, 6.45) is 1.40. The second-order valence-corrected chi connectivity index (χ2v) is 11.7. The minimum Gasteiger partial charge on any atom is -0.508 e. The Labute approximate surface area is 241 Å². The van der Waals surface area contributed by atoms with E-state index in [0.29, 0.717) is 30.7 Å². The summed E-state index contributed by atoms with van der Waals surface area (Å²) >= 11 is 0. The van der Waals surface area contributed by atoms with Crippen LogP contribution in [-0.4, -0.2) is 88.6 Å². The summed E-state index contributed by atoms with van der Waals surface area (Å²) < 4.78 is 0. The van der Waals surface area contributed by atoms with Crippen molar-refractivity contribution in [3.8, 4) is 5.75 Å². The molecule has 4 amide bonds. The molecule has 0 aliphatic rings. The molecule has 15 heteroatoms. The van der Waals surface area contributed by atoms with E-state index in [1.165, 1.54) is 29.9 Å². The SMILES string of the molecule is CCSSC[C@H](N)C(=O)N[C@@H](Cc1ccc(O)cc1)C(=O)NCC(=O)N[C@@H](C)C(=O)N[C@@H](CCCCN)C(=O)O. The molecule has 1 aromatic carbocycles. The minimum absolute atomic E-state index is 0.0429. The molecule has 0 heterocycles. The number of carbonyl (C=O) groups is 5. The number of benzene rings is 1. The van der Waals surface area contributed by atoms with Crippen LogP contribution >= 0.6 is 21.6 Å². The van der Waals surface area contributed by atoms with E-state index in [2.05, 4.69) is 21.3 Å². The molecule has 1 aromatic rings. The van der Waals surface area contributed by atoms with Crippen LogP contribution in [0.4, 0.5) is 0 Å². The summed E-state index contributed by atoms with van der Waals surface area (Å²) in [5.41, 5.74) is 12.0. The Hall–Kier alpha value is -3.01. The number of aromatic hydroxyl groups is 1. The smallest absolute Gasteiger partial charge is 0.326 e. The first-order valence-corrected chi connectivity index (χ1v) is 15.4. The van der Waals surface area contributed by atoms with Crippen LogP contribution in [0.1, 0.15) is 38.7 Å². The molecular weight excluding hydrogens is 560 g/mol. The zero-order chi connectivity index (χ0) is 30.1. The minimum atomic E-state index is -1.19. The molecule has 0 aromatic heterocycles. The van der Waals surface area contributed by atoms with Gasteiger partial charge in [0.2, 0.25) is 23.6 Å². The zero-order valence-corrected chi connectivity index (χ0v) is 24.3. The Morgan fingerprint density at radius 1 is 0.925 bits per heavy atom. The van der Waals surface area contributed by atoms with Gasteiger partial charge in [0.1, 0.15) is 23.9 Å². The lowest BCUT2D eigenvalue weighted by Gasteiger charge is -2.21. The third kappa shape index (κ3) is 13.9. The molecular formula is C25H40N6O7S2. The fraction of sp³-hybridized carbons (Fsp3) is 0.560. The van der Waals surface area contributed by atoms with Gasteiger partial charge in [0.15, 0.2) is 0 Å². The van der Waals surface area contributed by atoms with Gasteiger partial charge in [-0.1, -0.05) is 40.6 Å². The van der Waals surface area contributed by atoms with Gasteiger partial charge in [-0.3, -0.25) is 19.2 Å². The second-order valence-electron chi connectivity index (χ2n) is 8.92. The van der Waals surface area contributed by atoms with E-state index in [0.717, 1.165) is 5.75 Å². The van der Waals surface area contributed by atoms with Crippen molar-refractivity contribution in [1.82, 2.24) is 21.3 Å². The zero-order valence-electron chi connectivity index (χ0n) is 22.7. The fourth-order valence-electron chi connectivity index (χ4n) is 3.33. The highest BCUT2D eigenvalue weighted by molar-refractivity contribution is 8.76. The number of hydrogen-bond acceptors (Lipinski definition) is 10. The molecule has 0 fully saturated rings. The number of nitrogens with two attached hydrogens (primary N) is 2. The number of carboxylic acid groups (broad SMARTS) is 1. The maximum Gasteiger partial charge on any atom is 0.326 e. The number of phenols is 1. The van der Waals surface area contributed by atoms with Crippen LogP contribution in [0.25, 0.3) is 0 Å². The van der Waals surface area contributed by atoms with E-state index < -0.39 is 60.3 Å². The average molecular weight is 601 g/mol. The first-order valence-electron chi connectivity index (χ1n) is 12.9. The van der Waals surface area contributed by atoms with E-state index in [9.17, 15) is 34.2 Å². The molecule has 0 saturated heterocycles. The average Bonchev–Trinajstić information content (AvgIpc) is 2.91. The molecule has 0 bridgehead atoms. The van der Waals surface area contributed by atoms with Gasteiger partial charge in [-0.2, -0.15) is 0 Å². The summed E-state index contributed by atoms with van der Waals surface area (Å²) in [5.74, 6) is -2.52. The summed E-state index contributed by atoms with van der Waals surface area (Å²) in [7, 11) is 3.00.